The van der Waals surface area contributed by atoms with Gasteiger partial charge in [-0.2, -0.15) is 0 Å². The van der Waals surface area contributed by atoms with Crippen LogP contribution in [0.2, 0.25) is 0 Å². The van der Waals surface area contributed by atoms with E-state index in [1.165, 1.54) is 0 Å². The molecular formula is C11H15NO3. The molecule has 1 aliphatic rings. The largest absolute Gasteiger partial charge is 0.490 e. The first-order chi connectivity index (χ1) is 7.31. The summed E-state index contributed by atoms with van der Waals surface area (Å²) >= 11 is 0. The van der Waals surface area contributed by atoms with E-state index < -0.39 is 0 Å². The molecule has 0 saturated carbocycles. The Hall–Kier alpha value is -1.26. The number of rotatable bonds is 2. The van der Waals surface area contributed by atoms with Crippen molar-refractivity contribution >= 4 is 0 Å². The Kier molecular flexibility index (Phi) is 3.08. The van der Waals surface area contributed by atoms with Crippen LogP contribution in [0.1, 0.15) is 17.5 Å². The first kappa shape index (κ1) is 10.3. The van der Waals surface area contributed by atoms with E-state index in [1.54, 1.807) is 0 Å². The summed E-state index contributed by atoms with van der Waals surface area (Å²) in [6.07, 6.45) is 0.904. The van der Waals surface area contributed by atoms with Gasteiger partial charge in [-0.25, -0.2) is 5.48 Å². The fourth-order valence-electron chi connectivity index (χ4n) is 1.63. The van der Waals surface area contributed by atoms with Crippen molar-refractivity contribution < 1.29 is 14.7 Å². The van der Waals surface area contributed by atoms with Gasteiger partial charge in [0.25, 0.3) is 0 Å². The second-order valence-corrected chi connectivity index (χ2v) is 3.61. The van der Waals surface area contributed by atoms with Crippen molar-refractivity contribution in [2.75, 3.05) is 13.2 Å². The van der Waals surface area contributed by atoms with Crippen LogP contribution in [-0.2, 0) is 6.54 Å². The monoisotopic (exact) mass is 209 g/mol. The number of hydroxylamine groups is 1. The summed E-state index contributed by atoms with van der Waals surface area (Å²) in [7, 11) is 0. The third kappa shape index (κ3) is 2.22. The van der Waals surface area contributed by atoms with Crippen LogP contribution in [0.4, 0.5) is 0 Å². The Morgan fingerprint density at radius 1 is 1.27 bits per heavy atom. The first-order valence-corrected chi connectivity index (χ1v) is 5.07. The number of nitrogens with one attached hydrogen (secondary N) is 1. The van der Waals surface area contributed by atoms with E-state index >= 15 is 0 Å². The number of benzene rings is 1. The van der Waals surface area contributed by atoms with Crippen molar-refractivity contribution in [2.45, 2.75) is 19.9 Å². The molecule has 0 aromatic heterocycles. The molecule has 2 rings (SSSR count). The Morgan fingerprint density at radius 2 is 1.93 bits per heavy atom. The molecule has 0 radical (unpaired) electrons. The minimum Gasteiger partial charge on any atom is -0.490 e. The standard InChI is InChI=1S/C11H15NO3/c1-8-5-10-11(6-9(8)7-12-13)15-4-2-3-14-10/h5-6,12-13H,2-4,7H2,1H3. The highest BCUT2D eigenvalue weighted by atomic mass is 16.5. The predicted octanol–water partition coefficient (Wildman–Crippen LogP) is 1.64. The maximum absolute atomic E-state index is 8.68. The molecule has 1 aromatic rings. The van der Waals surface area contributed by atoms with Gasteiger partial charge in [0.2, 0.25) is 0 Å². The average molecular weight is 209 g/mol. The Balaban J connectivity index is 2.33. The topological polar surface area (TPSA) is 50.7 Å². The Labute approximate surface area is 88.8 Å². The van der Waals surface area contributed by atoms with Gasteiger partial charge in [0.05, 0.1) is 13.2 Å². The molecule has 0 bridgehead atoms. The lowest BCUT2D eigenvalue weighted by Crippen LogP contribution is -2.08. The number of ether oxygens (including phenoxy) is 2. The second-order valence-electron chi connectivity index (χ2n) is 3.61. The van der Waals surface area contributed by atoms with Crippen molar-refractivity contribution in [1.29, 1.82) is 0 Å². The van der Waals surface area contributed by atoms with Crippen LogP contribution in [0, 0.1) is 6.92 Å². The third-order valence-electron chi connectivity index (χ3n) is 2.48. The molecule has 82 valence electrons. The van der Waals surface area contributed by atoms with E-state index in [0.29, 0.717) is 19.8 Å². The van der Waals surface area contributed by atoms with Gasteiger partial charge in [0.15, 0.2) is 11.5 Å². The van der Waals surface area contributed by atoms with Gasteiger partial charge in [-0.15, -0.1) is 0 Å². The van der Waals surface area contributed by atoms with Crippen LogP contribution in [0.25, 0.3) is 0 Å². The Bertz CT molecular complexity index is 352. The zero-order chi connectivity index (χ0) is 10.7. The minimum absolute atomic E-state index is 0.419. The molecule has 0 saturated heterocycles. The van der Waals surface area contributed by atoms with Crippen LogP contribution >= 0.6 is 0 Å². The van der Waals surface area contributed by atoms with Gasteiger partial charge in [-0.1, -0.05) is 0 Å². The maximum Gasteiger partial charge on any atom is 0.161 e. The molecule has 2 N–H and O–H groups in total. The summed E-state index contributed by atoms with van der Waals surface area (Å²) in [6, 6.07) is 3.87. The smallest absolute Gasteiger partial charge is 0.161 e. The molecule has 0 aliphatic carbocycles. The van der Waals surface area contributed by atoms with Gasteiger partial charge in [-0.3, -0.25) is 0 Å². The van der Waals surface area contributed by atoms with Crippen molar-refractivity contribution in [2.24, 2.45) is 0 Å². The van der Waals surface area contributed by atoms with E-state index in [9.17, 15) is 0 Å². The van der Waals surface area contributed by atoms with Gasteiger partial charge < -0.3 is 14.7 Å². The highest BCUT2D eigenvalue weighted by Crippen LogP contribution is 2.32. The van der Waals surface area contributed by atoms with Gasteiger partial charge in [-0.05, 0) is 30.2 Å². The summed E-state index contributed by atoms with van der Waals surface area (Å²) in [4.78, 5) is 0. The van der Waals surface area contributed by atoms with E-state index in [2.05, 4.69) is 5.48 Å². The van der Waals surface area contributed by atoms with Crippen LogP contribution in [-0.4, -0.2) is 18.4 Å². The van der Waals surface area contributed by atoms with Crippen LogP contribution < -0.4 is 15.0 Å². The summed E-state index contributed by atoms with van der Waals surface area (Å²) in [5, 5.41) is 8.68. The van der Waals surface area contributed by atoms with E-state index in [0.717, 1.165) is 29.0 Å². The molecule has 0 amide bonds. The molecule has 0 fully saturated rings. The lowest BCUT2D eigenvalue weighted by molar-refractivity contribution is 0.161. The molecular weight excluding hydrogens is 194 g/mol. The average Bonchev–Trinajstić information content (AvgIpc) is 2.44. The zero-order valence-electron chi connectivity index (χ0n) is 8.75. The van der Waals surface area contributed by atoms with E-state index in [-0.39, 0.29) is 0 Å². The molecule has 1 heterocycles. The van der Waals surface area contributed by atoms with Gasteiger partial charge in [0, 0.05) is 13.0 Å². The number of hydrogen-bond donors (Lipinski definition) is 2. The van der Waals surface area contributed by atoms with E-state index in [4.69, 9.17) is 14.7 Å². The fraction of sp³-hybridized carbons (Fsp3) is 0.455. The quantitative estimate of drug-likeness (QED) is 0.727. The summed E-state index contributed by atoms with van der Waals surface area (Å²) in [6.45, 7) is 3.79. The molecule has 4 heteroatoms. The summed E-state index contributed by atoms with van der Waals surface area (Å²) in [5.41, 5.74) is 4.25. The lowest BCUT2D eigenvalue weighted by atomic mass is 10.1. The summed E-state index contributed by atoms with van der Waals surface area (Å²) < 4.78 is 11.1. The van der Waals surface area contributed by atoms with Crippen molar-refractivity contribution in [3.63, 3.8) is 0 Å². The van der Waals surface area contributed by atoms with Crippen LogP contribution in [0.3, 0.4) is 0 Å². The highest BCUT2D eigenvalue weighted by Gasteiger charge is 2.12. The molecule has 15 heavy (non-hydrogen) atoms. The number of hydrogen-bond acceptors (Lipinski definition) is 4. The van der Waals surface area contributed by atoms with Crippen LogP contribution in [0.5, 0.6) is 11.5 Å². The van der Waals surface area contributed by atoms with Crippen LogP contribution in [0.15, 0.2) is 12.1 Å². The van der Waals surface area contributed by atoms with Crippen molar-refractivity contribution in [3.8, 4) is 11.5 Å². The third-order valence-corrected chi connectivity index (χ3v) is 2.48. The lowest BCUT2D eigenvalue weighted by Gasteiger charge is -2.11. The molecule has 4 nitrogen and oxygen atoms in total. The predicted molar refractivity (Wildman–Crippen MR) is 55.4 cm³/mol. The normalized spacial score (nSPS) is 14.8. The highest BCUT2D eigenvalue weighted by molar-refractivity contribution is 5.47. The second kappa shape index (κ2) is 4.51. The van der Waals surface area contributed by atoms with Crippen molar-refractivity contribution in [3.05, 3.63) is 23.3 Å². The molecule has 0 unspecified atom stereocenters. The first-order valence-electron chi connectivity index (χ1n) is 5.07. The number of fused-ring (bicyclic) bond motifs is 1. The maximum atomic E-state index is 8.68. The van der Waals surface area contributed by atoms with Gasteiger partial charge in [0.1, 0.15) is 0 Å². The SMILES string of the molecule is Cc1cc2c(cc1CNO)OCCCO2. The molecule has 1 aliphatic heterocycles. The Morgan fingerprint density at radius 3 is 2.60 bits per heavy atom. The summed E-state index contributed by atoms with van der Waals surface area (Å²) in [5.74, 6) is 1.56. The van der Waals surface area contributed by atoms with E-state index in [1.807, 2.05) is 19.1 Å². The fourth-order valence-corrected chi connectivity index (χ4v) is 1.63. The zero-order valence-corrected chi connectivity index (χ0v) is 8.75. The minimum atomic E-state index is 0.419. The molecule has 1 aromatic carbocycles. The molecule has 0 atom stereocenters. The molecule has 0 spiro atoms. The van der Waals surface area contributed by atoms with Crippen molar-refractivity contribution in [1.82, 2.24) is 5.48 Å². The number of aryl methyl sites for hydroxylation is 1. The van der Waals surface area contributed by atoms with Gasteiger partial charge >= 0.3 is 0 Å².